The number of rotatable bonds is 6. The van der Waals surface area contributed by atoms with Crippen LogP contribution in [-0.2, 0) is 4.79 Å². The van der Waals surface area contributed by atoms with Gasteiger partial charge >= 0.3 is 6.18 Å². The largest absolute Gasteiger partial charge is 0.483 e. The zero-order valence-corrected chi connectivity index (χ0v) is 15.3. The molecule has 0 fully saturated rings. The van der Waals surface area contributed by atoms with Crippen LogP contribution in [0.15, 0.2) is 42.5 Å². The van der Waals surface area contributed by atoms with Crippen molar-refractivity contribution in [3.05, 3.63) is 59.2 Å². The van der Waals surface area contributed by atoms with Gasteiger partial charge in [0.25, 0.3) is 11.8 Å². The van der Waals surface area contributed by atoms with Gasteiger partial charge in [-0.15, -0.1) is 0 Å². The second kappa shape index (κ2) is 8.24. The van der Waals surface area contributed by atoms with E-state index >= 15 is 0 Å². The van der Waals surface area contributed by atoms with Crippen LogP contribution in [0, 0.1) is 11.3 Å². The van der Waals surface area contributed by atoms with E-state index in [0.717, 1.165) is 11.0 Å². The fraction of sp³-hybridized carbons (Fsp3) is 0.200. The summed E-state index contributed by atoms with van der Waals surface area (Å²) in [6.07, 6.45) is -4.75. The van der Waals surface area contributed by atoms with Crippen molar-refractivity contribution in [2.75, 3.05) is 18.5 Å². The SMILES string of the molecule is N#Cc1cc(NC(=O)CCN2C(=O)c3ccccc3C2=O)ccc1OCC(F)(F)F. The highest BCUT2D eigenvalue weighted by Gasteiger charge is 2.35. The summed E-state index contributed by atoms with van der Waals surface area (Å²) in [5, 5.41) is 11.6. The second-order valence-corrected chi connectivity index (χ2v) is 6.33. The van der Waals surface area contributed by atoms with Crippen molar-refractivity contribution in [3.8, 4) is 11.8 Å². The third kappa shape index (κ3) is 4.57. The number of nitrogens with one attached hydrogen (secondary N) is 1. The smallest absolute Gasteiger partial charge is 0.422 e. The number of hydrogen-bond donors (Lipinski definition) is 1. The molecule has 2 aromatic rings. The minimum Gasteiger partial charge on any atom is -0.483 e. The maximum atomic E-state index is 12.3. The van der Waals surface area contributed by atoms with Gasteiger partial charge in [-0.05, 0) is 30.3 Å². The summed E-state index contributed by atoms with van der Waals surface area (Å²) >= 11 is 0. The van der Waals surface area contributed by atoms with Gasteiger partial charge in [0.05, 0.1) is 16.7 Å². The number of halogens is 3. The molecule has 1 aliphatic rings. The molecule has 0 bridgehead atoms. The summed E-state index contributed by atoms with van der Waals surface area (Å²) in [6, 6.07) is 11.6. The highest BCUT2D eigenvalue weighted by molar-refractivity contribution is 6.21. The molecule has 0 saturated carbocycles. The van der Waals surface area contributed by atoms with Gasteiger partial charge in [0, 0.05) is 18.7 Å². The zero-order valence-electron chi connectivity index (χ0n) is 15.3. The van der Waals surface area contributed by atoms with E-state index in [0.29, 0.717) is 0 Å². The molecule has 2 aromatic carbocycles. The van der Waals surface area contributed by atoms with Crippen LogP contribution < -0.4 is 10.1 Å². The molecule has 0 radical (unpaired) electrons. The standard InChI is InChI=1S/C20H14F3N3O4/c21-20(22,23)11-30-16-6-5-13(9-12(16)10-24)25-17(27)7-8-26-18(28)14-3-1-2-4-15(14)19(26)29/h1-6,9H,7-8,11H2,(H,25,27). The predicted molar refractivity (Wildman–Crippen MR) is 97.8 cm³/mol. The lowest BCUT2D eigenvalue weighted by molar-refractivity contribution is -0.153. The van der Waals surface area contributed by atoms with Gasteiger partial charge < -0.3 is 10.1 Å². The summed E-state index contributed by atoms with van der Waals surface area (Å²) < 4.78 is 41.4. The Balaban J connectivity index is 1.60. The Bertz CT molecular complexity index is 1020. The average Bonchev–Trinajstić information content (AvgIpc) is 2.95. The third-order valence-corrected chi connectivity index (χ3v) is 4.22. The van der Waals surface area contributed by atoms with Gasteiger partial charge in [0.1, 0.15) is 11.8 Å². The molecular formula is C20H14F3N3O4. The van der Waals surface area contributed by atoms with Crippen molar-refractivity contribution in [2.45, 2.75) is 12.6 Å². The van der Waals surface area contributed by atoms with E-state index in [9.17, 15) is 27.6 Å². The molecule has 0 atom stereocenters. The number of ether oxygens (including phenoxy) is 1. The minimum atomic E-state index is -4.55. The topological polar surface area (TPSA) is 99.5 Å². The minimum absolute atomic E-state index is 0.143. The Hall–Kier alpha value is -3.87. The summed E-state index contributed by atoms with van der Waals surface area (Å²) in [7, 11) is 0. The molecule has 0 aromatic heterocycles. The highest BCUT2D eigenvalue weighted by Crippen LogP contribution is 2.25. The van der Waals surface area contributed by atoms with Crippen molar-refractivity contribution in [1.29, 1.82) is 5.26 Å². The van der Waals surface area contributed by atoms with Crippen LogP contribution in [0.1, 0.15) is 32.7 Å². The number of benzene rings is 2. The third-order valence-electron chi connectivity index (χ3n) is 4.22. The summed E-state index contributed by atoms with van der Waals surface area (Å²) in [5.74, 6) is -1.78. The van der Waals surface area contributed by atoms with E-state index in [-0.39, 0.29) is 41.1 Å². The van der Waals surface area contributed by atoms with Crippen molar-refractivity contribution < 1.29 is 32.3 Å². The van der Waals surface area contributed by atoms with E-state index < -0.39 is 30.5 Å². The van der Waals surface area contributed by atoms with Gasteiger partial charge in [-0.1, -0.05) is 12.1 Å². The van der Waals surface area contributed by atoms with Crippen molar-refractivity contribution in [3.63, 3.8) is 0 Å². The molecule has 0 saturated heterocycles. The number of anilines is 1. The van der Waals surface area contributed by atoms with Crippen LogP contribution in [0.25, 0.3) is 0 Å². The van der Waals surface area contributed by atoms with Crippen molar-refractivity contribution >= 4 is 23.4 Å². The molecule has 0 unspecified atom stereocenters. The summed E-state index contributed by atoms with van der Waals surface area (Å²) in [5.41, 5.74) is 0.530. The van der Waals surface area contributed by atoms with Gasteiger partial charge in [-0.2, -0.15) is 18.4 Å². The van der Waals surface area contributed by atoms with Gasteiger partial charge in [0.15, 0.2) is 6.61 Å². The first-order chi connectivity index (χ1) is 14.2. The number of carbonyl (C=O) groups is 3. The monoisotopic (exact) mass is 417 g/mol. The molecule has 1 aliphatic heterocycles. The fourth-order valence-electron chi connectivity index (χ4n) is 2.86. The summed E-state index contributed by atoms with van der Waals surface area (Å²) in [6.45, 7) is -1.69. The molecule has 154 valence electrons. The van der Waals surface area contributed by atoms with Crippen LogP contribution in [-0.4, -0.2) is 41.9 Å². The lowest BCUT2D eigenvalue weighted by Crippen LogP contribution is -2.32. The Morgan fingerprint density at radius 1 is 1.10 bits per heavy atom. The van der Waals surface area contributed by atoms with Crippen LogP contribution in [0.3, 0.4) is 0 Å². The Labute approximate surface area is 168 Å². The maximum absolute atomic E-state index is 12.3. The van der Waals surface area contributed by atoms with E-state index in [2.05, 4.69) is 10.1 Å². The zero-order chi connectivity index (χ0) is 21.9. The molecule has 0 aliphatic carbocycles. The lowest BCUT2D eigenvalue weighted by atomic mass is 10.1. The molecule has 0 spiro atoms. The first-order valence-electron chi connectivity index (χ1n) is 8.68. The number of alkyl halides is 3. The number of hydrogen-bond acceptors (Lipinski definition) is 5. The number of imide groups is 1. The number of carbonyl (C=O) groups excluding carboxylic acids is 3. The predicted octanol–water partition coefficient (Wildman–Crippen LogP) is 3.12. The van der Waals surface area contributed by atoms with E-state index in [1.165, 1.54) is 24.3 Å². The summed E-state index contributed by atoms with van der Waals surface area (Å²) in [4.78, 5) is 37.7. The highest BCUT2D eigenvalue weighted by atomic mass is 19.4. The van der Waals surface area contributed by atoms with E-state index in [1.54, 1.807) is 18.2 Å². The molecule has 10 heteroatoms. The van der Waals surface area contributed by atoms with Crippen LogP contribution >= 0.6 is 0 Å². The van der Waals surface area contributed by atoms with Crippen molar-refractivity contribution in [1.82, 2.24) is 4.90 Å². The van der Waals surface area contributed by atoms with E-state index in [4.69, 9.17) is 5.26 Å². The number of nitrogens with zero attached hydrogens (tertiary/aromatic N) is 2. The normalized spacial score (nSPS) is 13.1. The molecule has 3 rings (SSSR count). The molecule has 3 amide bonds. The first kappa shape index (κ1) is 20.9. The Morgan fingerprint density at radius 3 is 2.30 bits per heavy atom. The maximum Gasteiger partial charge on any atom is 0.422 e. The van der Waals surface area contributed by atoms with Gasteiger partial charge in [-0.3, -0.25) is 19.3 Å². The molecule has 7 nitrogen and oxygen atoms in total. The van der Waals surface area contributed by atoms with Gasteiger partial charge in [0.2, 0.25) is 5.91 Å². The van der Waals surface area contributed by atoms with Gasteiger partial charge in [-0.25, -0.2) is 0 Å². The fourth-order valence-corrected chi connectivity index (χ4v) is 2.86. The quantitative estimate of drug-likeness (QED) is 0.728. The van der Waals surface area contributed by atoms with Crippen LogP contribution in [0.5, 0.6) is 5.75 Å². The Morgan fingerprint density at radius 2 is 1.73 bits per heavy atom. The number of nitriles is 1. The molecule has 1 N–H and O–H groups in total. The first-order valence-corrected chi connectivity index (χ1v) is 8.68. The lowest BCUT2D eigenvalue weighted by Gasteiger charge is -2.14. The molecular weight excluding hydrogens is 403 g/mol. The second-order valence-electron chi connectivity index (χ2n) is 6.33. The Kier molecular flexibility index (Phi) is 5.73. The molecule has 30 heavy (non-hydrogen) atoms. The number of fused-ring (bicyclic) bond motifs is 1. The van der Waals surface area contributed by atoms with Crippen molar-refractivity contribution in [2.24, 2.45) is 0 Å². The van der Waals surface area contributed by atoms with E-state index in [1.807, 2.05) is 0 Å². The van der Waals surface area contributed by atoms with Crippen LogP contribution in [0.4, 0.5) is 18.9 Å². The molecule has 1 heterocycles. The average molecular weight is 417 g/mol. The number of amides is 3. The van der Waals surface area contributed by atoms with Crippen LogP contribution in [0.2, 0.25) is 0 Å².